The van der Waals surface area contributed by atoms with Gasteiger partial charge in [0.05, 0.1) is 6.54 Å². The highest BCUT2D eigenvalue weighted by atomic mass is 15.0. The van der Waals surface area contributed by atoms with Crippen molar-refractivity contribution in [3.05, 3.63) is 24.3 Å². The number of nitrogens with two attached hydrogens (primary N) is 1. The SMILES string of the molecule is CC(CN)NCc1ncccn1. The van der Waals surface area contributed by atoms with Gasteiger partial charge in [0.25, 0.3) is 0 Å². The molecule has 0 aliphatic rings. The first-order valence-corrected chi connectivity index (χ1v) is 4.02. The molecule has 1 heterocycles. The van der Waals surface area contributed by atoms with Crippen molar-refractivity contribution in [2.45, 2.75) is 19.5 Å². The fraction of sp³-hybridized carbons (Fsp3) is 0.500. The largest absolute Gasteiger partial charge is 0.329 e. The molecule has 0 aromatic carbocycles. The molecule has 0 saturated carbocycles. The molecule has 1 atom stereocenters. The van der Waals surface area contributed by atoms with Gasteiger partial charge in [0.2, 0.25) is 0 Å². The lowest BCUT2D eigenvalue weighted by Gasteiger charge is -2.09. The molecule has 1 aromatic heterocycles. The van der Waals surface area contributed by atoms with Crippen LogP contribution in [0.15, 0.2) is 18.5 Å². The Morgan fingerprint density at radius 2 is 2.17 bits per heavy atom. The van der Waals surface area contributed by atoms with Gasteiger partial charge in [0.15, 0.2) is 0 Å². The van der Waals surface area contributed by atoms with E-state index >= 15 is 0 Å². The third-order valence-corrected chi connectivity index (χ3v) is 1.58. The van der Waals surface area contributed by atoms with Crippen molar-refractivity contribution in [1.82, 2.24) is 15.3 Å². The third kappa shape index (κ3) is 2.94. The standard InChI is InChI=1S/C8H14N4/c1-7(5-9)12-6-8-10-3-2-4-11-8/h2-4,7,12H,5-6,9H2,1H3. The minimum Gasteiger partial charge on any atom is -0.329 e. The van der Waals surface area contributed by atoms with E-state index in [0.717, 1.165) is 5.82 Å². The van der Waals surface area contributed by atoms with E-state index in [-0.39, 0.29) is 0 Å². The zero-order valence-corrected chi connectivity index (χ0v) is 7.20. The zero-order chi connectivity index (χ0) is 8.81. The van der Waals surface area contributed by atoms with Gasteiger partial charge in [0.1, 0.15) is 5.82 Å². The van der Waals surface area contributed by atoms with Crippen molar-refractivity contribution in [1.29, 1.82) is 0 Å². The van der Waals surface area contributed by atoms with Gasteiger partial charge in [-0.15, -0.1) is 0 Å². The molecule has 4 nitrogen and oxygen atoms in total. The second kappa shape index (κ2) is 4.79. The minimum atomic E-state index is 0.314. The van der Waals surface area contributed by atoms with Gasteiger partial charge in [-0.2, -0.15) is 0 Å². The second-order valence-electron chi connectivity index (χ2n) is 2.68. The molecule has 66 valence electrons. The molecule has 0 fully saturated rings. The van der Waals surface area contributed by atoms with Crippen LogP contribution in [-0.4, -0.2) is 22.6 Å². The van der Waals surface area contributed by atoms with Crippen LogP contribution in [0.3, 0.4) is 0 Å². The molecule has 1 unspecified atom stereocenters. The molecule has 0 aliphatic heterocycles. The van der Waals surface area contributed by atoms with E-state index in [1.54, 1.807) is 18.5 Å². The highest BCUT2D eigenvalue weighted by Gasteiger charge is 1.98. The summed E-state index contributed by atoms with van der Waals surface area (Å²) in [6.45, 7) is 3.34. The molecular weight excluding hydrogens is 152 g/mol. The van der Waals surface area contributed by atoms with Gasteiger partial charge in [-0.3, -0.25) is 0 Å². The topological polar surface area (TPSA) is 63.8 Å². The molecule has 0 amide bonds. The summed E-state index contributed by atoms with van der Waals surface area (Å²) in [4.78, 5) is 8.14. The summed E-state index contributed by atoms with van der Waals surface area (Å²) in [5.74, 6) is 0.804. The van der Waals surface area contributed by atoms with Crippen molar-refractivity contribution < 1.29 is 0 Å². The van der Waals surface area contributed by atoms with Crippen LogP contribution in [0.25, 0.3) is 0 Å². The normalized spacial score (nSPS) is 12.8. The molecule has 1 rings (SSSR count). The highest BCUT2D eigenvalue weighted by Crippen LogP contribution is 1.87. The Morgan fingerprint density at radius 3 is 2.75 bits per heavy atom. The first-order chi connectivity index (χ1) is 5.83. The maximum atomic E-state index is 5.43. The lowest BCUT2D eigenvalue weighted by molar-refractivity contribution is 0.543. The molecule has 4 heteroatoms. The zero-order valence-electron chi connectivity index (χ0n) is 7.20. The Bertz CT molecular complexity index is 212. The lowest BCUT2D eigenvalue weighted by atomic mass is 10.3. The van der Waals surface area contributed by atoms with E-state index in [9.17, 15) is 0 Å². The van der Waals surface area contributed by atoms with Crippen LogP contribution in [0.2, 0.25) is 0 Å². The summed E-state index contributed by atoms with van der Waals surface area (Å²) in [5.41, 5.74) is 5.43. The summed E-state index contributed by atoms with van der Waals surface area (Å²) in [6, 6.07) is 2.12. The quantitative estimate of drug-likeness (QED) is 0.656. The van der Waals surface area contributed by atoms with Crippen molar-refractivity contribution in [2.75, 3.05) is 6.54 Å². The number of rotatable bonds is 4. The van der Waals surface area contributed by atoms with E-state index in [1.807, 2.05) is 6.92 Å². The summed E-state index contributed by atoms with van der Waals surface area (Å²) >= 11 is 0. The molecule has 3 N–H and O–H groups in total. The molecule has 0 aliphatic carbocycles. The van der Waals surface area contributed by atoms with Gasteiger partial charge in [-0.05, 0) is 13.0 Å². The second-order valence-corrected chi connectivity index (χ2v) is 2.68. The molecule has 0 radical (unpaired) electrons. The van der Waals surface area contributed by atoms with Crippen LogP contribution in [0.5, 0.6) is 0 Å². The molecule has 1 aromatic rings. The third-order valence-electron chi connectivity index (χ3n) is 1.58. The first-order valence-electron chi connectivity index (χ1n) is 4.02. The van der Waals surface area contributed by atoms with Crippen LogP contribution in [0.4, 0.5) is 0 Å². The van der Waals surface area contributed by atoms with Crippen LogP contribution in [-0.2, 0) is 6.54 Å². The first kappa shape index (κ1) is 9.09. The van der Waals surface area contributed by atoms with Gasteiger partial charge < -0.3 is 11.1 Å². The van der Waals surface area contributed by atoms with Crippen molar-refractivity contribution >= 4 is 0 Å². The van der Waals surface area contributed by atoms with Gasteiger partial charge in [0, 0.05) is 25.0 Å². The van der Waals surface area contributed by atoms with Crippen LogP contribution in [0.1, 0.15) is 12.7 Å². The fourth-order valence-electron chi connectivity index (χ4n) is 0.770. The number of hydrogen-bond acceptors (Lipinski definition) is 4. The monoisotopic (exact) mass is 166 g/mol. The summed E-state index contributed by atoms with van der Waals surface area (Å²) < 4.78 is 0. The summed E-state index contributed by atoms with van der Waals surface area (Å²) in [7, 11) is 0. The number of nitrogens with one attached hydrogen (secondary N) is 1. The van der Waals surface area contributed by atoms with Gasteiger partial charge in [-0.25, -0.2) is 9.97 Å². The Balaban J connectivity index is 2.33. The van der Waals surface area contributed by atoms with Crippen LogP contribution >= 0.6 is 0 Å². The molecule has 0 saturated heterocycles. The van der Waals surface area contributed by atoms with Crippen molar-refractivity contribution in [3.8, 4) is 0 Å². The summed E-state index contributed by atoms with van der Waals surface area (Å²) in [6.07, 6.45) is 3.47. The van der Waals surface area contributed by atoms with E-state index in [2.05, 4.69) is 15.3 Å². The Morgan fingerprint density at radius 1 is 1.50 bits per heavy atom. The molecule has 0 bridgehead atoms. The molecule has 0 spiro atoms. The van der Waals surface area contributed by atoms with Crippen LogP contribution < -0.4 is 11.1 Å². The van der Waals surface area contributed by atoms with E-state index in [4.69, 9.17) is 5.73 Å². The highest BCUT2D eigenvalue weighted by molar-refractivity contribution is 4.88. The minimum absolute atomic E-state index is 0.314. The summed E-state index contributed by atoms with van der Waals surface area (Å²) in [5, 5.41) is 3.20. The maximum Gasteiger partial charge on any atom is 0.141 e. The smallest absolute Gasteiger partial charge is 0.141 e. The average Bonchev–Trinajstić information content (AvgIpc) is 2.16. The molecular formula is C8H14N4. The average molecular weight is 166 g/mol. The van der Waals surface area contributed by atoms with Crippen LogP contribution in [0, 0.1) is 0 Å². The predicted octanol–water partition coefficient (Wildman–Crippen LogP) is -0.0866. The van der Waals surface area contributed by atoms with Gasteiger partial charge in [-0.1, -0.05) is 0 Å². The fourth-order valence-corrected chi connectivity index (χ4v) is 0.770. The lowest BCUT2D eigenvalue weighted by Crippen LogP contribution is -2.33. The Kier molecular flexibility index (Phi) is 3.63. The van der Waals surface area contributed by atoms with E-state index in [1.165, 1.54) is 0 Å². The Labute approximate surface area is 72.2 Å². The van der Waals surface area contributed by atoms with Crippen molar-refractivity contribution in [2.24, 2.45) is 5.73 Å². The van der Waals surface area contributed by atoms with Gasteiger partial charge >= 0.3 is 0 Å². The number of nitrogens with zero attached hydrogens (tertiary/aromatic N) is 2. The molecule has 12 heavy (non-hydrogen) atoms. The predicted molar refractivity (Wildman–Crippen MR) is 47.4 cm³/mol. The van der Waals surface area contributed by atoms with E-state index < -0.39 is 0 Å². The maximum absolute atomic E-state index is 5.43. The Hall–Kier alpha value is -1.00. The number of hydrogen-bond donors (Lipinski definition) is 2. The number of aromatic nitrogens is 2. The van der Waals surface area contributed by atoms with Crippen molar-refractivity contribution in [3.63, 3.8) is 0 Å². The van der Waals surface area contributed by atoms with E-state index in [0.29, 0.717) is 19.1 Å².